The van der Waals surface area contributed by atoms with Gasteiger partial charge in [-0.25, -0.2) is 4.98 Å². The molecule has 0 bridgehead atoms. The van der Waals surface area contributed by atoms with Gasteiger partial charge in [0.05, 0.1) is 10.3 Å². The van der Waals surface area contributed by atoms with Gasteiger partial charge in [-0.05, 0) is 43.0 Å². The number of thioether (sulfide) groups is 1. The lowest BCUT2D eigenvalue weighted by molar-refractivity contribution is 0.726. The third-order valence-corrected chi connectivity index (χ3v) is 5.74. The van der Waals surface area contributed by atoms with Crippen molar-refractivity contribution >= 4 is 34.7 Å². The van der Waals surface area contributed by atoms with Crippen LogP contribution in [0.4, 0.5) is 0 Å². The molecule has 0 saturated carbocycles. The van der Waals surface area contributed by atoms with Crippen LogP contribution in [0.15, 0.2) is 34.8 Å². The summed E-state index contributed by atoms with van der Waals surface area (Å²) < 4.78 is 0. The van der Waals surface area contributed by atoms with E-state index in [0.29, 0.717) is 5.02 Å². The molecule has 0 aliphatic carbocycles. The van der Waals surface area contributed by atoms with Crippen LogP contribution in [0, 0.1) is 6.92 Å². The molecule has 96 valence electrons. The smallest absolute Gasteiger partial charge is 0.115 e. The molecule has 2 N–H and O–H groups in total. The number of rotatable bonds is 4. The van der Waals surface area contributed by atoms with E-state index in [1.807, 2.05) is 19.1 Å². The fourth-order valence-electron chi connectivity index (χ4n) is 1.65. The molecule has 2 heterocycles. The summed E-state index contributed by atoms with van der Waals surface area (Å²) in [5.74, 6) is 0. The van der Waals surface area contributed by atoms with Gasteiger partial charge in [0.25, 0.3) is 0 Å². The standard InChI is InChI=1S/C13H15ClN2S2/c1-8-5-7-17-11(8)12(9(2)15)18-13-10(14)4-3-6-16-13/h3-7,9,12H,15H2,1-2H3. The maximum Gasteiger partial charge on any atom is 0.115 e. The molecule has 0 fully saturated rings. The molecule has 0 aliphatic rings. The summed E-state index contributed by atoms with van der Waals surface area (Å²) in [7, 11) is 0. The second-order valence-corrected chi connectivity index (χ2v) is 6.64. The Morgan fingerprint density at radius 1 is 1.44 bits per heavy atom. The Morgan fingerprint density at radius 3 is 2.78 bits per heavy atom. The topological polar surface area (TPSA) is 38.9 Å². The molecule has 18 heavy (non-hydrogen) atoms. The summed E-state index contributed by atoms with van der Waals surface area (Å²) in [5, 5.41) is 3.81. The number of thiophene rings is 1. The lowest BCUT2D eigenvalue weighted by atomic mass is 10.1. The molecular weight excluding hydrogens is 284 g/mol. The minimum absolute atomic E-state index is 0.0467. The Morgan fingerprint density at radius 2 is 2.22 bits per heavy atom. The third-order valence-electron chi connectivity index (χ3n) is 2.60. The predicted molar refractivity (Wildman–Crippen MR) is 80.6 cm³/mol. The van der Waals surface area contributed by atoms with Crippen molar-refractivity contribution in [2.24, 2.45) is 5.73 Å². The second-order valence-electron chi connectivity index (χ2n) is 4.16. The normalized spacial score (nSPS) is 14.4. The lowest BCUT2D eigenvalue weighted by Gasteiger charge is -2.20. The van der Waals surface area contributed by atoms with Crippen molar-refractivity contribution in [1.82, 2.24) is 4.98 Å². The highest BCUT2D eigenvalue weighted by Gasteiger charge is 2.22. The van der Waals surface area contributed by atoms with Gasteiger partial charge in [-0.1, -0.05) is 23.4 Å². The first-order chi connectivity index (χ1) is 8.59. The van der Waals surface area contributed by atoms with Crippen molar-refractivity contribution in [3.8, 4) is 0 Å². The van der Waals surface area contributed by atoms with Crippen molar-refractivity contribution < 1.29 is 0 Å². The summed E-state index contributed by atoms with van der Waals surface area (Å²) in [6.07, 6.45) is 1.76. The minimum Gasteiger partial charge on any atom is -0.327 e. The monoisotopic (exact) mass is 298 g/mol. The highest BCUT2D eigenvalue weighted by atomic mass is 35.5. The SMILES string of the molecule is Cc1ccsc1C(Sc1ncccc1Cl)C(C)N. The number of halogens is 1. The van der Waals surface area contributed by atoms with Gasteiger partial charge >= 0.3 is 0 Å². The number of nitrogens with two attached hydrogens (primary N) is 1. The molecule has 2 aromatic rings. The van der Waals surface area contributed by atoms with Crippen LogP contribution in [-0.2, 0) is 0 Å². The van der Waals surface area contributed by atoms with E-state index in [0.717, 1.165) is 5.03 Å². The molecule has 0 aromatic carbocycles. The highest BCUT2D eigenvalue weighted by molar-refractivity contribution is 7.99. The summed E-state index contributed by atoms with van der Waals surface area (Å²) in [6, 6.07) is 5.86. The van der Waals surface area contributed by atoms with Gasteiger partial charge < -0.3 is 5.73 Å². The Hall–Kier alpha value is -0.550. The summed E-state index contributed by atoms with van der Waals surface area (Å²) in [4.78, 5) is 5.62. The zero-order valence-electron chi connectivity index (χ0n) is 10.3. The Bertz CT molecular complexity index is 525. The van der Waals surface area contributed by atoms with Gasteiger partial charge in [0.2, 0.25) is 0 Å². The van der Waals surface area contributed by atoms with E-state index in [-0.39, 0.29) is 11.3 Å². The van der Waals surface area contributed by atoms with Gasteiger partial charge in [-0.15, -0.1) is 11.3 Å². The molecule has 2 rings (SSSR count). The molecular formula is C13H15ClN2S2. The van der Waals surface area contributed by atoms with Crippen molar-refractivity contribution in [2.75, 3.05) is 0 Å². The maximum atomic E-state index is 6.15. The quantitative estimate of drug-likeness (QED) is 0.856. The molecule has 2 atom stereocenters. The van der Waals surface area contributed by atoms with Crippen LogP contribution in [0.5, 0.6) is 0 Å². The van der Waals surface area contributed by atoms with Crippen LogP contribution in [0.25, 0.3) is 0 Å². The zero-order chi connectivity index (χ0) is 13.1. The summed E-state index contributed by atoms with van der Waals surface area (Å²) in [5.41, 5.74) is 7.39. The van der Waals surface area contributed by atoms with E-state index in [2.05, 4.69) is 23.4 Å². The van der Waals surface area contributed by atoms with Crippen molar-refractivity contribution in [3.05, 3.63) is 45.2 Å². The largest absolute Gasteiger partial charge is 0.327 e. The molecule has 2 nitrogen and oxygen atoms in total. The molecule has 0 amide bonds. The number of aromatic nitrogens is 1. The van der Waals surface area contributed by atoms with E-state index >= 15 is 0 Å². The van der Waals surface area contributed by atoms with Crippen LogP contribution in [-0.4, -0.2) is 11.0 Å². The zero-order valence-corrected chi connectivity index (χ0v) is 12.6. The lowest BCUT2D eigenvalue weighted by Crippen LogP contribution is -2.22. The Balaban J connectivity index is 2.28. The number of hydrogen-bond acceptors (Lipinski definition) is 4. The highest BCUT2D eigenvalue weighted by Crippen LogP contribution is 2.42. The van der Waals surface area contributed by atoms with Gasteiger partial charge in [-0.2, -0.15) is 0 Å². The number of aryl methyl sites for hydroxylation is 1. The predicted octanol–water partition coefficient (Wildman–Crippen LogP) is 4.29. The second kappa shape index (κ2) is 6.06. The first-order valence-electron chi connectivity index (χ1n) is 5.66. The average Bonchev–Trinajstić information content (AvgIpc) is 2.74. The van der Waals surface area contributed by atoms with E-state index in [1.165, 1.54) is 10.4 Å². The van der Waals surface area contributed by atoms with Crippen LogP contribution < -0.4 is 5.73 Å². The summed E-state index contributed by atoms with van der Waals surface area (Å²) in [6.45, 7) is 4.13. The average molecular weight is 299 g/mol. The fourth-order valence-corrected chi connectivity index (χ4v) is 4.29. The maximum absolute atomic E-state index is 6.15. The Labute approximate surface area is 121 Å². The van der Waals surface area contributed by atoms with E-state index in [1.54, 1.807) is 29.3 Å². The van der Waals surface area contributed by atoms with Crippen molar-refractivity contribution in [3.63, 3.8) is 0 Å². The van der Waals surface area contributed by atoms with Crippen LogP contribution in [0.3, 0.4) is 0 Å². The van der Waals surface area contributed by atoms with E-state index in [9.17, 15) is 0 Å². The van der Waals surface area contributed by atoms with Gasteiger partial charge in [-0.3, -0.25) is 0 Å². The van der Waals surface area contributed by atoms with E-state index < -0.39 is 0 Å². The van der Waals surface area contributed by atoms with Gasteiger partial charge in [0, 0.05) is 17.1 Å². The van der Waals surface area contributed by atoms with Crippen molar-refractivity contribution in [2.45, 2.75) is 30.2 Å². The number of nitrogens with zero attached hydrogens (tertiary/aromatic N) is 1. The summed E-state index contributed by atoms with van der Waals surface area (Å²) >= 11 is 9.53. The van der Waals surface area contributed by atoms with Crippen molar-refractivity contribution in [1.29, 1.82) is 0 Å². The fraction of sp³-hybridized carbons (Fsp3) is 0.308. The van der Waals surface area contributed by atoms with Gasteiger partial charge in [0.15, 0.2) is 0 Å². The molecule has 0 aliphatic heterocycles. The third kappa shape index (κ3) is 3.06. The number of pyridine rings is 1. The first-order valence-corrected chi connectivity index (χ1v) is 7.80. The molecule has 2 aromatic heterocycles. The van der Waals surface area contributed by atoms with E-state index in [4.69, 9.17) is 17.3 Å². The van der Waals surface area contributed by atoms with Crippen LogP contribution in [0.2, 0.25) is 5.02 Å². The molecule has 0 radical (unpaired) electrons. The van der Waals surface area contributed by atoms with Crippen LogP contribution in [0.1, 0.15) is 22.6 Å². The molecule has 5 heteroatoms. The number of hydrogen-bond donors (Lipinski definition) is 1. The first kappa shape index (κ1) is 13.9. The molecule has 0 saturated heterocycles. The molecule has 0 spiro atoms. The molecule has 2 unspecified atom stereocenters. The minimum atomic E-state index is 0.0467. The Kier molecular flexibility index (Phi) is 4.67. The van der Waals surface area contributed by atoms with Crippen LogP contribution >= 0.6 is 34.7 Å². The van der Waals surface area contributed by atoms with Gasteiger partial charge in [0.1, 0.15) is 5.03 Å².